The zero-order valence-electron chi connectivity index (χ0n) is 13.4. The van der Waals surface area contributed by atoms with Crippen LogP contribution in [0.3, 0.4) is 0 Å². The van der Waals surface area contributed by atoms with E-state index >= 15 is 0 Å². The summed E-state index contributed by atoms with van der Waals surface area (Å²) in [7, 11) is 0. The molecule has 0 amide bonds. The first-order chi connectivity index (χ1) is 11.7. The van der Waals surface area contributed by atoms with Crippen LogP contribution in [-0.4, -0.2) is 19.9 Å². The number of benzene rings is 1. The number of hydrogen-bond donors (Lipinski definition) is 1. The summed E-state index contributed by atoms with van der Waals surface area (Å²) in [5, 5.41) is 1.07. The summed E-state index contributed by atoms with van der Waals surface area (Å²) in [6.07, 6.45) is 7.04. The van der Waals surface area contributed by atoms with Crippen molar-refractivity contribution in [3.8, 4) is 22.9 Å². The summed E-state index contributed by atoms with van der Waals surface area (Å²) >= 11 is 0. The van der Waals surface area contributed by atoms with Gasteiger partial charge in [0.25, 0.3) is 0 Å². The SMILES string of the molecule is Cc1cc(Oc2nccc3cc[nH]c23)ccc1-c1nccnc1C. The Kier molecular flexibility index (Phi) is 3.46. The van der Waals surface area contributed by atoms with Crippen molar-refractivity contribution in [1.29, 1.82) is 0 Å². The highest BCUT2D eigenvalue weighted by molar-refractivity contribution is 5.83. The first kappa shape index (κ1) is 14.4. The summed E-state index contributed by atoms with van der Waals surface area (Å²) in [6.45, 7) is 4.00. The Balaban J connectivity index is 1.70. The van der Waals surface area contributed by atoms with Gasteiger partial charge in [0.15, 0.2) is 0 Å². The van der Waals surface area contributed by atoms with Gasteiger partial charge in [0.2, 0.25) is 5.88 Å². The van der Waals surface area contributed by atoms with Crippen molar-refractivity contribution >= 4 is 10.9 Å². The molecule has 0 spiro atoms. The van der Waals surface area contributed by atoms with E-state index in [2.05, 4.69) is 19.9 Å². The van der Waals surface area contributed by atoms with Gasteiger partial charge in [-0.05, 0) is 49.7 Å². The lowest BCUT2D eigenvalue weighted by Crippen LogP contribution is -1.94. The highest BCUT2D eigenvalue weighted by Crippen LogP contribution is 2.30. The van der Waals surface area contributed by atoms with E-state index in [1.165, 1.54) is 0 Å². The number of aromatic nitrogens is 4. The second kappa shape index (κ2) is 5.77. The van der Waals surface area contributed by atoms with E-state index in [1.807, 2.05) is 50.4 Å². The van der Waals surface area contributed by atoms with Gasteiger partial charge in [-0.15, -0.1) is 0 Å². The number of aryl methyl sites for hydroxylation is 2. The molecule has 5 nitrogen and oxygen atoms in total. The highest BCUT2D eigenvalue weighted by atomic mass is 16.5. The minimum atomic E-state index is 0.570. The lowest BCUT2D eigenvalue weighted by atomic mass is 10.0. The molecule has 24 heavy (non-hydrogen) atoms. The fourth-order valence-corrected chi connectivity index (χ4v) is 2.78. The topological polar surface area (TPSA) is 63.7 Å². The molecule has 0 bridgehead atoms. The number of hydrogen-bond acceptors (Lipinski definition) is 4. The molecule has 0 aliphatic heterocycles. The second-order valence-electron chi connectivity index (χ2n) is 5.63. The van der Waals surface area contributed by atoms with E-state index in [4.69, 9.17) is 4.74 Å². The van der Waals surface area contributed by atoms with E-state index in [-0.39, 0.29) is 0 Å². The Morgan fingerprint density at radius 2 is 1.79 bits per heavy atom. The van der Waals surface area contributed by atoms with Gasteiger partial charge in [0, 0.05) is 35.7 Å². The molecule has 5 heteroatoms. The van der Waals surface area contributed by atoms with Gasteiger partial charge < -0.3 is 9.72 Å². The Morgan fingerprint density at radius 1 is 0.917 bits per heavy atom. The molecule has 0 saturated carbocycles. The van der Waals surface area contributed by atoms with E-state index in [9.17, 15) is 0 Å². The molecular weight excluding hydrogens is 300 g/mol. The van der Waals surface area contributed by atoms with Crippen LogP contribution in [0.25, 0.3) is 22.2 Å². The standard InChI is InChI=1S/C19H16N4O/c1-12-11-15(3-4-16(12)17-13(2)20-9-10-22-17)24-19-18-14(5-7-21-18)6-8-23-19/h3-11,21H,1-2H3. The van der Waals surface area contributed by atoms with Crippen LogP contribution in [0.1, 0.15) is 11.3 Å². The predicted octanol–water partition coefficient (Wildman–Crippen LogP) is 4.43. The number of nitrogens with one attached hydrogen (secondary N) is 1. The molecule has 3 heterocycles. The molecule has 4 rings (SSSR count). The lowest BCUT2D eigenvalue weighted by Gasteiger charge is -2.10. The Hall–Kier alpha value is -3.21. The third kappa shape index (κ3) is 2.50. The van der Waals surface area contributed by atoms with Gasteiger partial charge in [0.05, 0.1) is 11.4 Å². The van der Waals surface area contributed by atoms with Crippen molar-refractivity contribution < 1.29 is 4.74 Å². The van der Waals surface area contributed by atoms with Crippen molar-refractivity contribution in [2.75, 3.05) is 0 Å². The van der Waals surface area contributed by atoms with Crippen molar-refractivity contribution in [2.45, 2.75) is 13.8 Å². The van der Waals surface area contributed by atoms with Gasteiger partial charge in [0.1, 0.15) is 11.3 Å². The second-order valence-corrected chi connectivity index (χ2v) is 5.63. The van der Waals surface area contributed by atoms with Gasteiger partial charge in [-0.1, -0.05) is 0 Å². The summed E-state index contributed by atoms with van der Waals surface area (Å²) in [5.41, 5.74) is 4.83. The van der Waals surface area contributed by atoms with Crippen molar-refractivity contribution in [3.63, 3.8) is 0 Å². The van der Waals surface area contributed by atoms with Gasteiger partial charge in [-0.3, -0.25) is 9.97 Å². The third-order valence-electron chi connectivity index (χ3n) is 3.99. The maximum absolute atomic E-state index is 5.97. The quantitative estimate of drug-likeness (QED) is 0.607. The molecule has 0 unspecified atom stereocenters. The lowest BCUT2D eigenvalue weighted by molar-refractivity contribution is 0.468. The van der Waals surface area contributed by atoms with Crippen molar-refractivity contribution in [3.05, 3.63) is 66.4 Å². The fourth-order valence-electron chi connectivity index (χ4n) is 2.78. The van der Waals surface area contributed by atoms with Crippen LogP contribution in [0.5, 0.6) is 11.6 Å². The maximum atomic E-state index is 5.97. The van der Waals surface area contributed by atoms with Crippen LogP contribution in [-0.2, 0) is 0 Å². The molecule has 4 aromatic rings. The molecule has 118 valence electrons. The minimum absolute atomic E-state index is 0.570. The zero-order valence-corrected chi connectivity index (χ0v) is 13.4. The van der Waals surface area contributed by atoms with E-state index in [0.29, 0.717) is 5.88 Å². The average Bonchev–Trinajstić information content (AvgIpc) is 3.06. The number of pyridine rings is 1. The van der Waals surface area contributed by atoms with E-state index in [1.54, 1.807) is 18.6 Å². The Labute approximate surface area is 139 Å². The van der Waals surface area contributed by atoms with Gasteiger partial charge in [-0.2, -0.15) is 0 Å². The van der Waals surface area contributed by atoms with E-state index < -0.39 is 0 Å². The summed E-state index contributed by atoms with van der Waals surface area (Å²) < 4.78 is 5.97. The smallest absolute Gasteiger partial charge is 0.243 e. The maximum Gasteiger partial charge on any atom is 0.243 e. The van der Waals surface area contributed by atoms with Crippen LogP contribution in [0.15, 0.2) is 55.1 Å². The highest BCUT2D eigenvalue weighted by Gasteiger charge is 2.10. The third-order valence-corrected chi connectivity index (χ3v) is 3.99. The number of aromatic amines is 1. The summed E-state index contributed by atoms with van der Waals surface area (Å²) in [6, 6.07) is 9.88. The molecule has 0 aliphatic carbocycles. The number of H-pyrrole nitrogens is 1. The largest absolute Gasteiger partial charge is 0.437 e. The van der Waals surface area contributed by atoms with Crippen LogP contribution in [0.4, 0.5) is 0 Å². The zero-order chi connectivity index (χ0) is 16.5. The van der Waals surface area contributed by atoms with Crippen LogP contribution < -0.4 is 4.74 Å². The minimum Gasteiger partial charge on any atom is -0.437 e. The molecular formula is C19H16N4O. The summed E-state index contributed by atoms with van der Waals surface area (Å²) in [4.78, 5) is 16.2. The van der Waals surface area contributed by atoms with Crippen molar-refractivity contribution in [2.24, 2.45) is 0 Å². The molecule has 1 N–H and O–H groups in total. The Bertz CT molecular complexity index is 1020. The van der Waals surface area contributed by atoms with Crippen molar-refractivity contribution in [1.82, 2.24) is 19.9 Å². The van der Waals surface area contributed by atoms with E-state index in [0.717, 1.165) is 39.2 Å². The molecule has 1 aromatic carbocycles. The number of nitrogens with zero attached hydrogens (tertiary/aromatic N) is 3. The predicted molar refractivity (Wildman–Crippen MR) is 93.1 cm³/mol. The molecule has 0 radical (unpaired) electrons. The molecule has 0 saturated heterocycles. The molecule has 3 aromatic heterocycles. The van der Waals surface area contributed by atoms with Crippen LogP contribution in [0, 0.1) is 13.8 Å². The number of fused-ring (bicyclic) bond motifs is 1. The first-order valence-electron chi connectivity index (χ1n) is 7.71. The monoisotopic (exact) mass is 316 g/mol. The number of ether oxygens (including phenoxy) is 1. The van der Waals surface area contributed by atoms with Gasteiger partial charge >= 0.3 is 0 Å². The molecule has 0 atom stereocenters. The normalized spacial score (nSPS) is 10.9. The fraction of sp³-hybridized carbons (Fsp3) is 0.105. The summed E-state index contributed by atoms with van der Waals surface area (Å²) in [5.74, 6) is 1.31. The first-order valence-corrected chi connectivity index (χ1v) is 7.71. The molecule has 0 aliphatic rings. The van der Waals surface area contributed by atoms with Gasteiger partial charge in [-0.25, -0.2) is 4.98 Å². The number of rotatable bonds is 3. The molecule has 0 fully saturated rings. The average molecular weight is 316 g/mol. The van der Waals surface area contributed by atoms with Crippen LogP contribution in [0.2, 0.25) is 0 Å². The van der Waals surface area contributed by atoms with Crippen LogP contribution >= 0.6 is 0 Å². The Morgan fingerprint density at radius 3 is 2.62 bits per heavy atom.